The number of rotatable bonds is 42. The number of hydrogen-bond acceptors (Lipinski definition) is 10. The molecule has 0 aliphatic carbocycles. The van der Waals surface area contributed by atoms with E-state index in [1.807, 2.05) is 25.9 Å². The van der Waals surface area contributed by atoms with E-state index in [0.29, 0.717) is 45.4 Å². The number of esters is 3. The van der Waals surface area contributed by atoms with Crippen LogP contribution < -0.4 is 0 Å². The molecule has 0 N–H and O–H groups in total. The molecule has 60 heavy (non-hydrogen) atoms. The number of carbonyl (C=O) groups excluding carboxylic acids is 4. The minimum atomic E-state index is -0.683. The van der Waals surface area contributed by atoms with Gasteiger partial charge in [-0.2, -0.15) is 0 Å². The number of unbranched alkanes of at least 4 members (excludes halogenated alkanes) is 9. The Labute approximate surface area is 367 Å². The molecule has 11 nitrogen and oxygen atoms in total. The summed E-state index contributed by atoms with van der Waals surface area (Å²) in [7, 11) is 3.93. The largest absolute Gasteiger partial charge is 0.463 e. The lowest BCUT2D eigenvalue weighted by atomic mass is 10.1. The second-order valence-electron chi connectivity index (χ2n) is 16.3. The first-order valence-corrected chi connectivity index (χ1v) is 24.1. The van der Waals surface area contributed by atoms with Crippen LogP contribution in [-0.4, -0.2) is 106 Å². The molecule has 0 saturated carbocycles. The number of amides is 1. The Balaban J connectivity index is 5.51. The molecule has 1 amide bonds. The lowest BCUT2D eigenvalue weighted by Gasteiger charge is -2.32. The van der Waals surface area contributed by atoms with Gasteiger partial charge in [-0.05, 0) is 123 Å². The monoisotopic (exact) mass is 851 g/mol. The molecule has 0 aliphatic rings. The van der Waals surface area contributed by atoms with Crippen LogP contribution in [0.1, 0.15) is 195 Å². The summed E-state index contributed by atoms with van der Waals surface area (Å²) in [5.41, 5.74) is 0. The van der Waals surface area contributed by atoms with E-state index < -0.39 is 6.04 Å². The van der Waals surface area contributed by atoms with Gasteiger partial charge in [-0.25, -0.2) is 0 Å². The fraction of sp³-hybridized carbons (Fsp3) is 0.837. The summed E-state index contributed by atoms with van der Waals surface area (Å²) >= 11 is 0. The molecule has 0 aromatic rings. The second kappa shape index (κ2) is 41.6. The maximum atomic E-state index is 13.9. The van der Waals surface area contributed by atoms with Gasteiger partial charge in [0.15, 0.2) is 6.29 Å². The number of nitrogens with zero attached hydrogens (tertiary/aromatic N) is 2. The Morgan fingerprint density at radius 1 is 0.517 bits per heavy atom. The maximum Gasteiger partial charge on any atom is 0.306 e. The summed E-state index contributed by atoms with van der Waals surface area (Å²) in [6.45, 7) is 12.7. The molecule has 0 aromatic carbocycles. The molecule has 11 heteroatoms. The molecule has 0 aromatic heterocycles. The van der Waals surface area contributed by atoms with Gasteiger partial charge in [-0.1, -0.05) is 91.0 Å². The van der Waals surface area contributed by atoms with Crippen molar-refractivity contribution in [3.8, 4) is 0 Å². The number of allylic oxidation sites excluding steroid dienone is 4. The highest BCUT2D eigenvalue weighted by atomic mass is 16.7. The number of carbonyl (C=O) groups is 4. The molecule has 0 radical (unpaired) electrons. The van der Waals surface area contributed by atoms with E-state index in [1.54, 1.807) is 4.90 Å². The zero-order valence-electron chi connectivity index (χ0n) is 39.5. The van der Waals surface area contributed by atoms with Crippen LogP contribution in [0, 0.1) is 0 Å². The van der Waals surface area contributed by atoms with E-state index in [9.17, 15) is 19.2 Å². The molecular formula is C49H90N2O9. The topological polar surface area (TPSA) is 121 Å². The van der Waals surface area contributed by atoms with Gasteiger partial charge in [0.1, 0.15) is 19.3 Å². The van der Waals surface area contributed by atoms with Crippen LogP contribution in [0.2, 0.25) is 0 Å². The van der Waals surface area contributed by atoms with E-state index in [4.69, 9.17) is 23.7 Å². The van der Waals surface area contributed by atoms with E-state index in [2.05, 4.69) is 52.0 Å². The van der Waals surface area contributed by atoms with Gasteiger partial charge >= 0.3 is 17.9 Å². The summed E-state index contributed by atoms with van der Waals surface area (Å²) in [5.74, 6) is -1.36. The van der Waals surface area contributed by atoms with E-state index >= 15 is 0 Å². The first-order chi connectivity index (χ1) is 29.1. The van der Waals surface area contributed by atoms with E-state index in [-0.39, 0.29) is 75.1 Å². The molecule has 0 aliphatic heterocycles. The average Bonchev–Trinajstić information content (AvgIpc) is 3.23. The van der Waals surface area contributed by atoms with Crippen LogP contribution in [-0.2, 0) is 42.9 Å². The van der Waals surface area contributed by atoms with Crippen molar-refractivity contribution in [2.75, 3.05) is 53.6 Å². The minimum Gasteiger partial charge on any atom is -0.463 e. The fourth-order valence-electron chi connectivity index (χ4n) is 6.64. The molecule has 2 unspecified atom stereocenters. The van der Waals surface area contributed by atoms with Gasteiger partial charge in [-0.3, -0.25) is 19.2 Å². The van der Waals surface area contributed by atoms with Gasteiger partial charge in [0, 0.05) is 39.0 Å². The lowest BCUT2D eigenvalue weighted by molar-refractivity contribution is -0.156. The average molecular weight is 851 g/mol. The summed E-state index contributed by atoms with van der Waals surface area (Å²) in [6.07, 6.45) is 28.3. The first kappa shape index (κ1) is 57.2. The van der Waals surface area contributed by atoms with Gasteiger partial charge in [0.05, 0.1) is 12.5 Å². The third-order valence-electron chi connectivity index (χ3n) is 10.2. The Morgan fingerprint density at radius 2 is 1.10 bits per heavy atom. The van der Waals surface area contributed by atoms with Crippen molar-refractivity contribution in [1.82, 2.24) is 9.80 Å². The molecule has 0 fully saturated rings. The Morgan fingerprint density at radius 3 is 1.65 bits per heavy atom. The van der Waals surface area contributed by atoms with Crippen molar-refractivity contribution >= 4 is 23.8 Å². The van der Waals surface area contributed by atoms with Crippen molar-refractivity contribution < 1.29 is 42.9 Å². The summed E-state index contributed by atoms with van der Waals surface area (Å²) < 4.78 is 29.6. The van der Waals surface area contributed by atoms with Crippen LogP contribution in [0.5, 0.6) is 0 Å². The molecule has 0 rings (SSSR count). The third kappa shape index (κ3) is 34.9. The summed E-state index contributed by atoms with van der Waals surface area (Å²) in [5, 5.41) is 0. The zero-order chi connectivity index (χ0) is 44.5. The van der Waals surface area contributed by atoms with Crippen LogP contribution >= 0.6 is 0 Å². The normalized spacial score (nSPS) is 12.8. The highest BCUT2D eigenvalue weighted by molar-refractivity contribution is 5.81. The molecule has 350 valence electrons. The van der Waals surface area contributed by atoms with Crippen molar-refractivity contribution in [2.45, 2.75) is 214 Å². The quantitative estimate of drug-likeness (QED) is 0.0193. The van der Waals surface area contributed by atoms with Crippen molar-refractivity contribution in [2.24, 2.45) is 0 Å². The highest BCUT2D eigenvalue weighted by Crippen LogP contribution is 2.17. The van der Waals surface area contributed by atoms with E-state index in [1.165, 1.54) is 0 Å². The predicted octanol–water partition coefficient (Wildman–Crippen LogP) is 11.1. The highest BCUT2D eigenvalue weighted by Gasteiger charge is 2.27. The molecule has 0 saturated heterocycles. The fourth-order valence-corrected chi connectivity index (χ4v) is 6.64. The standard InChI is InChI=1S/C49H90N2O9/c1-8-13-17-20-22-27-39-56-49(57-40-28-23-21-18-14-9-2)34-26-25-33-47(54)59-42-43(41-58-46(53)32-16-11-4)51(38-29-37-50(6)7)45(52)35-36-48(55)60-44(30-12-5)31-24-19-15-10-3/h13-14,17-18,43-44,49H,8-12,15-16,19-42H2,1-7H3/b17-13-,18-14-. The van der Waals surface area contributed by atoms with Crippen LogP contribution in [0.3, 0.4) is 0 Å². The van der Waals surface area contributed by atoms with Crippen molar-refractivity contribution in [3.05, 3.63) is 24.3 Å². The smallest absolute Gasteiger partial charge is 0.306 e. The summed E-state index contributed by atoms with van der Waals surface area (Å²) in [4.78, 5) is 56.2. The Bertz CT molecular complexity index is 1090. The van der Waals surface area contributed by atoms with Gasteiger partial charge in [-0.15, -0.1) is 0 Å². The predicted molar refractivity (Wildman–Crippen MR) is 244 cm³/mol. The van der Waals surface area contributed by atoms with Crippen LogP contribution in [0.4, 0.5) is 0 Å². The third-order valence-corrected chi connectivity index (χ3v) is 10.2. The number of hydrogen-bond donors (Lipinski definition) is 0. The molecular weight excluding hydrogens is 761 g/mol. The first-order valence-electron chi connectivity index (χ1n) is 24.1. The molecule has 0 heterocycles. The zero-order valence-corrected chi connectivity index (χ0v) is 39.5. The Kier molecular flexibility index (Phi) is 39.7. The minimum absolute atomic E-state index is 0.0397. The number of ether oxygens (including phenoxy) is 5. The van der Waals surface area contributed by atoms with Crippen LogP contribution in [0.15, 0.2) is 24.3 Å². The SMILES string of the molecule is CC/C=C\CCCCOC(CCCCC(=O)OCC(COC(=O)CCCC)N(CCCN(C)C)C(=O)CCC(=O)OC(CCC)CCCCCC)OCCCC/C=C\CC. The van der Waals surface area contributed by atoms with Crippen molar-refractivity contribution in [1.29, 1.82) is 0 Å². The Hall–Kier alpha value is -2.76. The van der Waals surface area contributed by atoms with Gasteiger partial charge in [0.25, 0.3) is 0 Å². The van der Waals surface area contributed by atoms with Gasteiger partial charge in [0.2, 0.25) is 5.91 Å². The van der Waals surface area contributed by atoms with Gasteiger partial charge < -0.3 is 33.5 Å². The maximum absolute atomic E-state index is 13.9. The van der Waals surface area contributed by atoms with Crippen LogP contribution in [0.25, 0.3) is 0 Å². The van der Waals surface area contributed by atoms with E-state index in [0.717, 1.165) is 116 Å². The second-order valence-corrected chi connectivity index (χ2v) is 16.3. The lowest BCUT2D eigenvalue weighted by Crippen LogP contribution is -2.47. The molecule has 2 atom stereocenters. The molecule has 0 bridgehead atoms. The molecule has 0 spiro atoms. The summed E-state index contributed by atoms with van der Waals surface area (Å²) in [6, 6.07) is -0.683. The van der Waals surface area contributed by atoms with Crippen molar-refractivity contribution in [3.63, 3.8) is 0 Å².